The summed E-state index contributed by atoms with van der Waals surface area (Å²) < 4.78 is 9.07. The molecule has 0 spiro atoms. The number of carbonyl (C=O) groups is 5. The summed E-state index contributed by atoms with van der Waals surface area (Å²) in [7, 11) is 0. The number of nitrogen functional groups attached to an aromatic ring is 1. The van der Waals surface area contributed by atoms with E-state index in [4.69, 9.17) is 10.5 Å². The topological polar surface area (TPSA) is 221 Å². The number of β-lactam (4-membered cyclic amide) rings is 1. The van der Waals surface area contributed by atoms with Crippen molar-refractivity contribution in [1.82, 2.24) is 29.4 Å². The number of ether oxygens (including phenoxy) is 1. The molecule has 4 amide bonds. The molecule has 0 unspecified atom stereocenters. The van der Waals surface area contributed by atoms with Crippen molar-refractivity contribution in [2.24, 2.45) is 5.16 Å². The highest BCUT2D eigenvalue weighted by molar-refractivity contribution is 8.00. The van der Waals surface area contributed by atoms with Crippen molar-refractivity contribution in [3.8, 4) is 0 Å². The predicted molar refractivity (Wildman–Crippen MR) is 148 cm³/mol. The average Bonchev–Trinajstić information content (AvgIpc) is 3.68. The van der Waals surface area contributed by atoms with Crippen molar-refractivity contribution in [1.29, 1.82) is 0 Å². The zero-order valence-electron chi connectivity index (χ0n) is 22.6. The zero-order chi connectivity index (χ0) is 30.3. The minimum atomic E-state index is -1.34. The van der Waals surface area contributed by atoms with E-state index in [0.29, 0.717) is 43.6 Å². The normalized spacial score (nSPS) is 25.3. The number of carbonyl (C=O) groups excluding carboxylic acids is 4. The Labute approximate surface area is 247 Å². The predicted octanol–water partition coefficient (Wildman–Crippen LogP) is -0.185. The summed E-state index contributed by atoms with van der Waals surface area (Å²) in [4.78, 5) is 71.7. The van der Waals surface area contributed by atoms with Crippen molar-refractivity contribution in [3.63, 3.8) is 0 Å². The zero-order valence-corrected chi connectivity index (χ0v) is 24.2. The van der Waals surface area contributed by atoms with Gasteiger partial charge in [0.05, 0.1) is 12.1 Å². The molecule has 5 rings (SSSR count). The number of carboxylic acids is 1. The van der Waals surface area contributed by atoms with E-state index in [1.807, 2.05) is 0 Å². The molecule has 1 aromatic rings. The summed E-state index contributed by atoms with van der Waals surface area (Å²) in [5.41, 5.74) is 5.44. The smallest absolute Gasteiger partial charge is 0.410 e. The van der Waals surface area contributed by atoms with Crippen molar-refractivity contribution in [2.45, 2.75) is 50.3 Å². The Hall–Kier alpha value is -4.19. The van der Waals surface area contributed by atoms with Gasteiger partial charge in [0.2, 0.25) is 17.4 Å². The number of hydrogen-bond donors (Lipinski definition) is 4. The van der Waals surface area contributed by atoms with Crippen LogP contribution in [0.1, 0.15) is 32.5 Å². The maximum atomic E-state index is 13.3. The van der Waals surface area contributed by atoms with Gasteiger partial charge < -0.3 is 35.9 Å². The lowest BCUT2D eigenvalue weighted by atomic mass is 10.0. The van der Waals surface area contributed by atoms with Crippen LogP contribution in [0.15, 0.2) is 28.1 Å². The fraction of sp³-hybridized carbons (Fsp3) is 0.500. The Kier molecular flexibility index (Phi) is 8.09. The third kappa shape index (κ3) is 5.38. The van der Waals surface area contributed by atoms with E-state index >= 15 is 0 Å². The number of rotatable bonds is 7. The molecule has 5 heterocycles. The van der Waals surface area contributed by atoms with Crippen molar-refractivity contribution < 1.29 is 39.0 Å². The third-order valence-corrected chi connectivity index (χ3v) is 9.01. The Morgan fingerprint density at radius 3 is 2.67 bits per heavy atom. The number of amides is 4. The minimum absolute atomic E-state index is 0.0472. The van der Waals surface area contributed by atoms with Crippen LogP contribution < -0.4 is 11.1 Å². The fourth-order valence-corrected chi connectivity index (χ4v) is 6.99. The molecule has 3 atom stereocenters. The monoisotopic (exact) mass is 620 g/mol. The van der Waals surface area contributed by atoms with Gasteiger partial charge >= 0.3 is 12.1 Å². The van der Waals surface area contributed by atoms with E-state index in [2.05, 4.69) is 19.8 Å². The summed E-state index contributed by atoms with van der Waals surface area (Å²) in [6, 6.07) is -1.26. The van der Waals surface area contributed by atoms with Gasteiger partial charge in [-0.25, -0.2) is 9.59 Å². The molecule has 3 fully saturated rings. The van der Waals surface area contributed by atoms with Crippen LogP contribution in [0.5, 0.6) is 0 Å². The van der Waals surface area contributed by atoms with Gasteiger partial charge in [0.1, 0.15) is 17.1 Å². The lowest BCUT2D eigenvalue weighted by molar-refractivity contribution is -0.150. The van der Waals surface area contributed by atoms with E-state index in [1.165, 1.54) is 17.8 Å². The molecular formula is C24H28N8O8S2. The first kappa shape index (κ1) is 29.3. The van der Waals surface area contributed by atoms with Crippen LogP contribution in [-0.2, 0) is 23.9 Å². The number of thioether (sulfide) groups is 1. The molecule has 3 saturated heterocycles. The number of oxime groups is 1. The molecule has 18 heteroatoms. The number of nitrogens with two attached hydrogens (primary N) is 1. The molecule has 0 saturated carbocycles. The van der Waals surface area contributed by atoms with E-state index in [0.717, 1.165) is 16.4 Å². The van der Waals surface area contributed by atoms with Gasteiger partial charge in [0.25, 0.3) is 11.8 Å². The Morgan fingerprint density at radius 1 is 1.26 bits per heavy atom. The highest BCUT2D eigenvalue weighted by atomic mass is 32.2. The van der Waals surface area contributed by atoms with Crippen LogP contribution in [0, 0.1) is 0 Å². The number of aliphatic carboxylic acids is 1. The molecule has 42 heavy (non-hydrogen) atoms. The maximum absolute atomic E-state index is 13.3. The highest BCUT2D eigenvalue weighted by Crippen LogP contribution is 2.41. The van der Waals surface area contributed by atoms with Crippen LogP contribution >= 0.6 is 23.3 Å². The summed E-state index contributed by atoms with van der Waals surface area (Å²) in [5.74, 6) is -3.23. The summed E-state index contributed by atoms with van der Waals surface area (Å²) in [6.07, 6.45) is 1.86. The van der Waals surface area contributed by atoms with Gasteiger partial charge in [-0.3, -0.25) is 19.3 Å². The number of hydrogen-bond acceptors (Lipinski definition) is 13. The quantitative estimate of drug-likeness (QED) is 0.102. The minimum Gasteiger partial charge on any atom is -0.477 e. The first-order chi connectivity index (χ1) is 20.0. The molecule has 0 aliphatic carbocycles. The molecule has 5 N–H and O–H groups in total. The molecule has 4 aliphatic heterocycles. The van der Waals surface area contributed by atoms with Gasteiger partial charge in [0.15, 0.2) is 5.13 Å². The molecule has 0 radical (unpaired) electrons. The molecule has 4 aliphatic rings. The number of nitrogens with zero attached hydrogens (tertiary/aromatic N) is 6. The summed E-state index contributed by atoms with van der Waals surface area (Å²) in [5, 5.41) is 24.0. The molecule has 0 bridgehead atoms. The van der Waals surface area contributed by atoms with E-state index in [1.54, 1.807) is 23.6 Å². The molecule has 1 aromatic heterocycles. The molecular weight excluding hydrogens is 592 g/mol. The van der Waals surface area contributed by atoms with Gasteiger partial charge in [-0.1, -0.05) is 5.16 Å². The molecule has 16 nitrogen and oxygen atoms in total. The second kappa shape index (κ2) is 11.6. The van der Waals surface area contributed by atoms with Crippen molar-refractivity contribution in [2.75, 3.05) is 31.1 Å². The number of carboxylic acid groups (broad SMARTS) is 1. The average molecular weight is 621 g/mol. The van der Waals surface area contributed by atoms with E-state index in [-0.39, 0.29) is 40.5 Å². The Bertz CT molecular complexity index is 1440. The summed E-state index contributed by atoms with van der Waals surface area (Å²) in [6.45, 7) is 4.79. The van der Waals surface area contributed by atoms with Gasteiger partial charge in [0, 0.05) is 42.5 Å². The summed E-state index contributed by atoms with van der Waals surface area (Å²) >= 11 is 2.01. The molecule has 0 aromatic carbocycles. The third-order valence-electron chi connectivity index (χ3n) is 7.16. The Morgan fingerprint density at radius 2 is 2.02 bits per heavy atom. The number of allylic oxidation sites excluding steroid dienone is 1. The van der Waals surface area contributed by atoms with Crippen molar-refractivity contribution >= 4 is 63.9 Å². The van der Waals surface area contributed by atoms with Gasteiger partial charge in [-0.05, 0) is 38.3 Å². The SMILES string of the molecule is CC(C)OC(=O)N1CC[C@@H](N2CC/C(=C\C3=C(C(=O)O)N4C(=O)[C@@H](NC(=O)/C(=N\O)c5nsc(N)n5)[C@H]4SC3)C2=O)C1. The number of fused-ring (bicyclic) bond motifs is 1. The maximum Gasteiger partial charge on any atom is 0.410 e. The van der Waals surface area contributed by atoms with E-state index < -0.39 is 41.0 Å². The fourth-order valence-electron chi connectivity index (χ4n) is 5.25. The van der Waals surface area contributed by atoms with Crippen LogP contribution in [0.3, 0.4) is 0 Å². The second-order valence-electron chi connectivity index (χ2n) is 10.2. The standard InChI is InChI=1S/C24H28N8O8S2/c1-10(2)40-24(38)30-5-4-13(8-30)31-6-3-11(19(31)34)7-12-9-41-21-15(20(35)32(21)16(12)22(36)37)26-18(33)14(28-39)17-27-23(25)42-29-17/h7,10,13,15,21,39H,3-6,8-9H2,1-2H3,(H,26,33)(H,36,37)(H2,25,27,29)/b11-7+,28-14-/t13-,15-,21-/m1/s1. The van der Waals surface area contributed by atoms with Gasteiger partial charge in [-0.15, -0.1) is 11.8 Å². The largest absolute Gasteiger partial charge is 0.477 e. The first-order valence-electron chi connectivity index (χ1n) is 13.0. The Balaban J connectivity index is 1.27. The lowest BCUT2D eigenvalue weighted by Crippen LogP contribution is -2.71. The first-order valence-corrected chi connectivity index (χ1v) is 14.8. The highest BCUT2D eigenvalue weighted by Gasteiger charge is 2.54. The van der Waals surface area contributed by atoms with E-state index in [9.17, 15) is 34.3 Å². The number of anilines is 1. The van der Waals surface area contributed by atoms with Crippen molar-refractivity contribution in [3.05, 3.63) is 28.7 Å². The van der Waals surface area contributed by atoms with Crippen LogP contribution in [-0.4, -0.2) is 119 Å². The van der Waals surface area contributed by atoms with Crippen LogP contribution in [0.25, 0.3) is 0 Å². The van der Waals surface area contributed by atoms with Crippen LogP contribution in [0.4, 0.5) is 9.93 Å². The number of likely N-dealkylation sites (tertiary alicyclic amines) is 2. The van der Waals surface area contributed by atoms with Gasteiger partial charge in [-0.2, -0.15) is 9.36 Å². The lowest BCUT2D eigenvalue weighted by Gasteiger charge is -2.49. The second-order valence-corrected chi connectivity index (χ2v) is 12.1. The molecule has 224 valence electrons. The van der Waals surface area contributed by atoms with Crippen LogP contribution in [0.2, 0.25) is 0 Å². The number of nitrogens with one attached hydrogen (secondary N) is 1. The number of aromatic nitrogens is 2.